The van der Waals surface area contributed by atoms with E-state index in [-0.39, 0.29) is 5.41 Å². The van der Waals surface area contributed by atoms with Crippen molar-refractivity contribution in [1.82, 2.24) is 4.90 Å². The minimum Gasteiger partial charge on any atom is -0.507 e. The first-order chi connectivity index (χ1) is 9.24. The number of hydrogen-bond donors (Lipinski definition) is 2. The average molecular weight is 276 g/mol. The summed E-state index contributed by atoms with van der Waals surface area (Å²) < 4.78 is 0. The van der Waals surface area contributed by atoms with Gasteiger partial charge in [-0.25, -0.2) is 0 Å². The van der Waals surface area contributed by atoms with Gasteiger partial charge in [0, 0.05) is 12.6 Å². The second kappa shape index (κ2) is 5.38. The van der Waals surface area contributed by atoms with Crippen LogP contribution < -0.4 is 5.73 Å². The van der Waals surface area contributed by atoms with Crippen LogP contribution in [0.1, 0.15) is 49.9 Å². The molecule has 0 bridgehead atoms. The van der Waals surface area contributed by atoms with E-state index in [0.29, 0.717) is 17.7 Å². The highest BCUT2D eigenvalue weighted by Gasteiger charge is 2.31. The monoisotopic (exact) mass is 276 g/mol. The molecule has 1 aliphatic rings. The van der Waals surface area contributed by atoms with Gasteiger partial charge in [-0.15, -0.1) is 0 Å². The van der Waals surface area contributed by atoms with Gasteiger partial charge in [-0.05, 0) is 61.0 Å². The average Bonchev–Trinajstić information content (AvgIpc) is 2.72. The lowest BCUT2D eigenvalue weighted by Gasteiger charge is -2.26. The van der Waals surface area contributed by atoms with Crippen molar-refractivity contribution in [2.24, 2.45) is 11.7 Å². The van der Waals surface area contributed by atoms with Gasteiger partial charge in [0.05, 0.1) is 0 Å². The summed E-state index contributed by atoms with van der Waals surface area (Å²) in [4.78, 5) is 2.38. The Morgan fingerprint density at radius 3 is 2.50 bits per heavy atom. The lowest BCUT2D eigenvalue weighted by Crippen LogP contribution is -2.21. The van der Waals surface area contributed by atoms with Crippen LogP contribution in [0.2, 0.25) is 0 Å². The molecular weight excluding hydrogens is 248 g/mol. The fourth-order valence-electron chi connectivity index (χ4n) is 3.24. The number of hydrogen-bond acceptors (Lipinski definition) is 3. The van der Waals surface area contributed by atoms with Crippen LogP contribution in [0.25, 0.3) is 0 Å². The van der Waals surface area contributed by atoms with E-state index in [1.807, 2.05) is 6.92 Å². The summed E-state index contributed by atoms with van der Waals surface area (Å²) in [6.07, 6.45) is 1.11. The first-order valence-corrected chi connectivity index (χ1v) is 7.48. The topological polar surface area (TPSA) is 49.5 Å². The predicted octanol–water partition coefficient (Wildman–Crippen LogP) is 2.95. The lowest BCUT2D eigenvalue weighted by atomic mass is 9.83. The molecule has 0 spiro atoms. The molecule has 3 heteroatoms. The molecule has 20 heavy (non-hydrogen) atoms. The van der Waals surface area contributed by atoms with Crippen LogP contribution in [0.15, 0.2) is 12.1 Å². The van der Waals surface area contributed by atoms with Crippen molar-refractivity contribution in [1.29, 1.82) is 0 Å². The highest BCUT2D eigenvalue weighted by atomic mass is 16.3. The first kappa shape index (κ1) is 15.3. The van der Waals surface area contributed by atoms with Crippen molar-refractivity contribution in [3.8, 4) is 5.75 Å². The Hall–Kier alpha value is -1.06. The smallest absolute Gasteiger partial charge is 0.122 e. The van der Waals surface area contributed by atoms with Crippen LogP contribution in [0.5, 0.6) is 5.75 Å². The number of aryl methyl sites for hydroxylation is 1. The molecule has 112 valence electrons. The molecule has 0 amide bonds. The molecule has 1 aromatic rings. The normalized spacial score (nSPS) is 24.3. The molecule has 0 aliphatic carbocycles. The van der Waals surface area contributed by atoms with Gasteiger partial charge >= 0.3 is 0 Å². The maximum Gasteiger partial charge on any atom is 0.122 e. The van der Waals surface area contributed by atoms with Crippen molar-refractivity contribution in [3.63, 3.8) is 0 Å². The third-order valence-electron chi connectivity index (χ3n) is 4.48. The number of nitrogens with zero attached hydrogens (tertiary/aromatic N) is 1. The van der Waals surface area contributed by atoms with Crippen molar-refractivity contribution in [3.05, 3.63) is 28.8 Å². The number of aromatic hydroxyl groups is 1. The number of phenols is 1. The van der Waals surface area contributed by atoms with E-state index in [2.05, 4.69) is 44.9 Å². The predicted molar refractivity (Wildman–Crippen MR) is 84.1 cm³/mol. The Morgan fingerprint density at radius 2 is 2.00 bits per heavy atom. The van der Waals surface area contributed by atoms with Crippen molar-refractivity contribution < 1.29 is 5.11 Å². The minimum atomic E-state index is -0.0463. The third-order valence-corrected chi connectivity index (χ3v) is 4.48. The van der Waals surface area contributed by atoms with E-state index in [9.17, 15) is 5.11 Å². The molecule has 2 rings (SSSR count). The molecule has 1 aromatic carbocycles. The summed E-state index contributed by atoms with van der Waals surface area (Å²) >= 11 is 0. The van der Waals surface area contributed by atoms with Crippen molar-refractivity contribution in [2.75, 3.05) is 20.1 Å². The largest absolute Gasteiger partial charge is 0.507 e. The highest BCUT2D eigenvalue weighted by Crippen LogP contribution is 2.40. The molecule has 0 saturated carbocycles. The summed E-state index contributed by atoms with van der Waals surface area (Å²) in [6.45, 7) is 10.2. The van der Waals surface area contributed by atoms with Gasteiger partial charge in [-0.1, -0.05) is 26.8 Å². The molecule has 1 aliphatic heterocycles. The zero-order valence-electron chi connectivity index (χ0n) is 13.4. The Kier molecular flexibility index (Phi) is 4.12. The Morgan fingerprint density at radius 1 is 1.35 bits per heavy atom. The number of rotatable bonds is 2. The second-order valence-electron chi connectivity index (χ2n) is 7.28. The van der Waals surface area contributed by atoms with Gasteiger partial charge in [0.25, 0.3) is 0 Å². The summed E-state index contributed by atoms with van der Waals surface area (Å²) in [6, 6.07) is 4.73. The van der Waals surface area contributed by atoms with Gasteiger partial charge < -0.3 is 10.8 Å². The van der Waals surface area contributed by atoms with E-state index in [0.717, 1.165) is 30.6 Å². The van der Waals surface area contributed by atoms with Gasteiger partial charge in [0.2, 0.25) is 0 Å². The summed E-state index contributed by atoms with van der Waals surface area (Å²) in [5.74, 6) is 1.02. The van der Waals surface area contributed by atoms with Crippen molar-refractivity contribution >= 4 is 0 Å². The molecule has 0 aromatic heterocycles. The van der Waals surface area contributed by atoms with Crippen LogP contribution in [-0.2, 0) is 5.41 Å². The van der Waals surface area contributed by atoms with Crippen LogP contribution >= 0.6 is 0 Å². The van der Waals surface area contributed by atoms with Crippen LogP contribution in [-0.4, -0.2) is 30.1 Å². The minimum absolute atomic E-state index is 0.0463. The molecule has 2 atom stereocenters. The fourth-order valence-corrected chi connectivity index (χ4v) is 3.24. The maximum absolute atomic E-state index is 10.3. The Balaban J connectivity index is 2.41. The SMILES string of the molecule is Cc1cc(C2CC(CN)CN2C)cc(C(C)(C)C)c1O. The first-order valence-electron chi connectivity index (χ1n) is 7.48. The molecule has 2 unspecified atom stereocenters. The summed E-state index contributed by atoms with van der Waals surface area (Å²) in [5.41, 5.74) is 9.09. The van der Waals surface area contributed by atoms with Gasteiger partial charge in [0.15, 0.2) is 0 Å². The highest BCUT2D eigenvalue weighted by molar-refractivity contribution is 5.47. The maximum atomic E-state index is 10.3. The van der Waals surface area contributed by atoms with E-state index >= 15 is 0 Å². The van der Waals surface area contributed by atoms with Crippen molar-refractivity contribution in [2.45, 2.75) is 45.6 Å². The standard InChI is InChI=1S/C17H28N2O/c1-11-6-13(8-14(16(11)20)17(2,3)4)15-7-12(9-18)10-19(15)5/h6,8,12,15,20H,7,9-10,18H2,1-5H3. The molecule has 1 fully saturated rings. The van der Waals surface area contributed by atoms with Gasteiger partial charge in [0.1, 0.15) is 5.75 Å². The summed E-state index contributed by atoms with van der Waals surface area (Å²) in [5, 5.41) is 10.3. The molecular formula is C17H28N2O. The van der Waals surface area contributed by atoms with E-state index < -0.39 is 0 Å². The molecule has 3 N–H and O–H groups in total. The number of benzene rings is 1. The van der Waals surface area contributed by atoms with Crippen LogP contribution in [0.4, 0.5) is 0 Å². The van der Waals surface area contributed by atoms with Gasteiger partial charge in [-0.2, -0.15) is 0 Å². The van der Waals surface area contributed by atoms with Gasteiger partial charge in [-0.3, -0.25) is 4.90 Å². The zero-order valence-corrected chi connectivity index (χ0v) is 13.4. The molecule has 1 saturated heterocycles. The number of phenolic OH excluding ortho intramolecular Hbond substituents is 1. The van der Waals surface area contributed by atoms with E-state index in [1.54, 1.807) is 0 Å². The third kappa shape index (κ3) is 2.84. The van der Waals surface area contributed by atoms with Crippen LogP contribution in [0.3, 0.4) is 0 Å². The Labute approximate surface area is 122 Å². The number of nitrogens with two attached hydrogens (primary N) is 1. The lowest BCUT2D eigenvalue weighted by molar-refractivity contribution is 0.313. The number of likely N-dealkylation sites (tertiary alicyclic amines) is 1. The molecule has 1 heterocycles. The molecule has 3 nitrogen and oxygen atoms in total. The Bertz CT molecular complexity index is 490. The quantitative estimate of drug-likeness (QED) is 0.873. The van der Waals surface area contributed by atoms with E-state index in [4.69, 9.17) is 5.73 Å². The fraction of sp³-hybridized carbons (Fsp3) is 0.647. The van der Waals surface area contributed by atoms with E-state index in [1.165, 1.54) is 5.56 Å². The van der Waals surface area contributed by atoms with Crippen LogP contribution in [0, 0.1) is 12.8 Å². The zero-order chi connectivity index (χ0) is 15.1. The summed E-state index contributed by atoms with van der Waals surface area (Å²) in [7, 11) is 2.17. The molecule has 0 radical (unpaired) electrons. The second-order valence-corrected chi connectivity index (χ2v) is 7.28.